The van der Waals surface area contributed by atoms with Crippen LogP contribution in [0.5, 0.6) is 0 Å². The Hall–Kier alpha value is -1.35. The standard InChI is InChI=1S/C17H25NO2/c1-11-7-12(2)16(13(3)8-11)9-17(20)18-6-5-15(10-18)14(4)19/h7-8,14-15,19H,5-6,9-10H2,1-4H3. The van der Waals surface area contributed by atoms with Crippen LogP contribution in [0, 0.1) is 26.7 Å². The van der Waals surface area contributed by atoms with Crippen molar-refractivity contribution in [2.24, 2.45) is 5.92 Å². The van der Waals surface area contributed by atoms with Gasteiger partial charge in [0.25, 0.3) is 0 Å². The van der Waals surface area contributed by atoms with Crippen molar-refractivity contribution >= 4 is 5.91 Å². The highest BCUT2D eigenvalue weighted by molar-refractivity contribution is 5.80. The maximum absolute atomic E-state index is 12.4. The molecule has 0 aromatic heterocycles. The van der Waals surface area contributed by atoms with Crippen LogP contribution in [0.3, 0.4) is 0 Å². The van der Waals surface area contributed by atoms with Gasteiger partial charge in [0.05, 0.1) is 12.5 Å². The van der Waals surface area contributed by atoms with E-state index in [-0.39, 0.29) is 17.9 Å². The Morgan fingerprint density at radius 1 is 1.35 bits per heavy atom. The van der Waals surface area contributed by atoms with Gasteiger partial charge in [-0.05, 0) is 50.8 Å². The second kappa shape index (κ2) is 5.96. The van der Waals surface area contributed by atoms with Gasteiger partial charge in [0.2, 0.25) is 5.91 Å². The number of hydrogen-bond acceptors (Lipinski definition) is 2. The van der Waals surface area contributed by atoms with Crippen molar-refractivity contribution < 1.29 is 9.90 Å². The summed E-state index contributed by atoms with van der Waals surface area (Å²) in [7, 11) is 0. The monoisotopic (exact) mass is 275 g/mol. The quantitative estimate of drug-likeness (QED) is 0.920. The van der Waals surface area contributed by atoms with Crippen molar-refractivity contribution in [3.8, 4) is 0 Å². The number of aliphatic hydroxyl groups excluding tert-OH is 1. The number of rotatable bonds is 3. The van der Waals surface area contributed by atoms with Crippen LogP contribution >= 0.6 is 0 Å². The average Bonchev–Trinajstić information content (AvgIpc) is 2.83. The van der Waals surface area contributed by atoms with Crippen LogP contribution in [-0.2, 0) is 11.2 Å². The van der Waals surface area contributed by atoms with Crippen LogP contribution in [0.25, 0.3) is 0 Å². The Balaban J connectivity index is 2.06. The predicted octanol–water partition coefficient (Wildman–Crippen LogP) is 2.38. The van der Waals surface area contributed by atoms with E-state index in [1.165, 1.54) is 16.7 Å². The van der Waals surface area contributed by atoms with Gasteiger partial charge in [-0.25, -0.2) is 0 Å². The zero-order valence-corrected chi connectivity index (χ0v) is 12.9. The molecule has 2 atom stereocenters. The fourth-order valence-corrected chi connectivity index (χ4v) is 3.16. The van der Waals surface area contributed by atoms with Crippen LogP contribution in [0.1, 0.15) is 35.6 Å². The molecule has 1 N–H and O–H groups in total. The maximum Gasteiger partial charge on any atom is 0.227 e. The molecular formula is C17H25NO2. The molecule has 0 saturated carbocycles. The highest BCUT2D eigenvalue weighted by atomic mass is 16.3. The fraction of sp³-hybridized carbons (Fsp3) is 0.588. The van der Waals surface area contributed by atoms with Gasteiger partial charge in [-0.1, -0.05) is 17.7 Å². The van der Waals surface area contributed by atoms with Crippen molar-refractivity contribution in [1.82, 2.24) is 4.90 Å². The Morgan fingerprint density at radius 3 is 2.45 bits per heavy atom. The summed E-state index contributed by atoms with van der Waals surface area (Å²) in [5, 5.41) is 9.62. The number of aliphatic hydroxyl groups is 1. The first kappa shape index (κ1) is 15.0. The van der Waals surface area contributed by atoms with Crippen LogP contribution in [0.4, 0.5) is 0 Å². The van der Waals surface area contributed by atoms with Gasteiger partial charge in [-0.15, -0.1) is 0 Å². The molecule has 3 nitrogen and oxygen atoms in total. The van der Waals surface area contributed by atoms with Crippen molar-refractivity contribution in [3.63, 3.8) is 0 Å². The first-order valence-electron chi connectivity index (χ1n) is 7.41. The molecular weight excluding hydrogens is 250 g/mol. The maximum atomic E-state index is 12.4. The summed E-state index contributed by atoms with van der Waals surface area (Å²) >= 11 is 0. The van der Waals surface area contributed by atoms with Crippen molar-refractivity contribution in [2.75, 3.05) is 13.1 Å². The third-order valence-electron chi connectivity index (χ3n) is 4.43. The lowest BCUT2D eigenvalue weighted by Crippen LogP contribution is -2.31. The van der Waals surface area contributed by atoms with E-state index in [4.69, 9.17) is 0 Å². The molecule has 1 amide bonds. The molecule has 1 aromatic carbocycles. The van der Waals surface area contributed by atoms with Crippen molar-refractivity contribution in [3.05, 3.63) is 34.4 Å². The molecule has 2 rings (SSSR count). The third-order valence-corrected chi connectivity index (χ3v) is 4.43. The number of carbonyl (C=O) groups is 1. The molecule has 1 aliphatic heterocycles. The highest BCUT2D eigenvalue weighted by Crippen LogP contribution is 2.22. The molecule has 2 unspecified atom stereocenters. The molecule has 0 bridgehead atoms. The second-order valence-electron chi connectivity index (χ2n) is 6.18. The number of aryl methyl sites for hydroxylation is 3. The van der Waals surface area contributed by atoms with Crippen LogP contribution < -0.4 is 0 Å². The lowest BCUT2D eigenvalue weighted by Gasteiger charge is -2.19. The summed E-state index contributed by atoms with van der Waals surface area (Å²) in [6.07, 6.45) is 1.07. The first-order valence-corrected chi connectivity index (χ1v) is 7.41. The van der Waals surface area contributed by atoms with Crippen LogP contribution in [-0.4, -0.2) is 35.1 Å². The summed E-state index contributed by atoms with van der Waals surface area (Å²) in [4.78, 5) is 14.3. The lowest BCUT2D eigenvalue weighted by molar-refractivity contribution is -0.129. The molecule has 1 fully saturated rings. The van der Waals surface area contributed by atoms with E-state index < -0.39 is 0 Å². The largest absolute Gasteiger partial charge is 0.393 e. The predicted molar refractivity (Wildman–Crippen MR) is 80.7 cm³/mol. The van der Waals surface area contributed by atoms with Gasteiger partial charge in [0.15, 0.2) is 0 Å². The Morgan fingerprint density at radius 2 is 1.95 bits per heavy atom. The third kappa shape index (κ3) is 3.21. The average molecular weight is 275 g/mol. The van der Waals surface area contributed by atoms with Gasteiger partial charge >= 0.3 is 0 Å². The van der Waals surface area contributed by atoms with Crippen molar-refractivity contribution in [1.29, 1.82) is 0 Å². The van der Waals surface area contributed by atoms with Gasteiger partial charge in [-0.2, -0.15) is 0 Å². The van der Waals surface area contributed by atoms with Crippen LogP contribution in [0.15, 0.2) is 12.1 Å². The first-order chi connectivity index (χ1) is 9.38. The number of likely N-dealkylation sites (tertiary alicyclic amines) is 1. The van der Waals surface area contributed by atoms with E-state index in [9.17, 15) is 9.90 Å². The molecule has 0 aliphatic carbocycles. The summed E-state index contributed by atoms with van der Waals surface area (Å²) in [5.41, 5.74) is 4.79. The molecule has 3 heteroatoms. The summed E-state index contributed by atoms with van der Waals surface area (Å²) < 4.78 is 0. The van der Waals surface area contributed by atoms with E-state index in [2.05, 4.69) is 32.9 Å². The number of carbonyl (C=O) groups excluding carboxylic acids is 1. The zero-order chi connectivity index (χ0) is 14.9. The topological polar surface area (TPSA) is 40.5 Å². The minimum absolute atomic E-state index is 0.184. The lowest BCUT2D eigenvalue weighted by atomic mass is 9.97. The molecule has 110 valence electrons. The van der Waals surface area contributed by atoms with Gasteiger partial charge in [-0.3, -0.25) is 4.79 Å². The van der Waals surface area contributed by atoms with E-state index in [1.807, 2.05) is 11.8 Å². The minimum Gasteiger partial charge on any atom is -0.393 e. The van der Waals surface area contributed by atoms with E-state index in [1.54, 1.807) is 0 Å². The van der Waals surface area contributed by atoms with E-state index in [0.717, 1.165) is 18.5 Å². The summed E-state index contributed by atoms with van der Waals surface area (Å²) in [5.74, 6) is 0.419. The van der Waals surface area contributed by atoms with Crippen LogP contribution in [0.2, 0.25) is 0 Å². The Labute approximate surface area is 121 Å². The van der Waals surface area contributed by atoms with Gasteiger partial charge < -0.3 is 10.0 Å². The Kier molecular flexibility index (Phi) is 4.48. The number of nitrogens with zero attached hydrogens (tertiary/aromatic N) is 1. The zero-order valence-electron chi connectivity index (χ0n) is 12.9. The SMILES string of the molecule is Cc1cc(C)c(CC(=O)N2CCC(C(C)O)C2)c(C)c1. The molecule has 0 radical (unpaired) electrons. The Bertz CT molecular complexity index is 485. The smallest absolute Gasteiger partial charge is 0.227 e. The molecule has 1 saturated heterocycles. The number of amides is 1. The molecule has 0 spiro atoms. The van der Waals surface area contributed by atoms with Gasteiger partial charge in [0, 0.05) is 19.0 Å². The van der Waals surface area contributed by atoms with Crippen molar-refractivity contribution in [2.45, 2.75) is 46.6 Å². The fourth-order valence-electron chi connectivity index (χ4n) is 3.16. The van der Waals surface area contributed by atoms with E-state index in [0.29, 0.717) is 13.0 Å². The minimum atomic E-state index is -0.323. The molecule has 1 heterocycles. The molecule has 20 heavy (non-hydrogen) atoms. The summed E-state index contributed by atoms with van der Waals surface area (Å²) in [6.45, 7) is 9.52. The highest BCUT2D eigenvalue weighted by Gasteiger charge is 2.29. The second-order valence-corrected chi connectivity index (χ2v) is 6.18. The number of hydrogen-bond donors (Lipinski definition) is 1. The molecule has 1 aromatic rings. The van der Waals surface area contributed by atoms with E-state index >= 15 is 0 Å². The van der Waals surface area contributed by atoms with Gasteiger partial charge in [0.1, 0.15) is 0 Å². The normalized spacial score (nSPS) is 20.2. The molecule has 1 aliphatic rings. The summed E-state index contributed by atoms with van der Waals surface area (Å²) in [6, 6.07) is 4.27. The number of benzene rings is 1.